The Balaban J connectivity index is 1.32. The number of nitrogens with zero attached hydrogens (tertiary/aromatic N) is 2. The predicted octanol–water partition coefficient (Wildman–Crippen LogP) is 3.57. The Hall–Kier alpha value is -4.59. The third-order valence-electron chi connectivity index (χ3n) is 7.39. The number of carbonyl (C=O) groups is 3. The van der Waals surface area contributed by atoms with E-state index in [1.807, 2.05) is 59.6 Å². The number of nitrogens with one attached hydrogen (secondary N) is 1. The van der Waals surface area contributed by atoms with Gasteiger partial charge in [0.2, 0.25) is 24.5 Å². The second kappa shape index (κ2) is 7.71. The zero-order valence-corrected chi connectivity index (χ0v) is 19.0. The van der Waals surface area contributed by atoms with Gasteiger partial charge in [-0.25, -0.2) is 4.90 Å². The summed E-state index contributed by atoms with van der Waals surface area (Å²) in [6.07, 6.45) is 3.77. The fourth-order valence-electron chi connectivity index (χ4n) is 5.87. The average Bonchev–Trinajstić information content (AvgIpc) is 3.57. The van der Waals surface area contributed by atoms with Crippen LogP contribution in [0.4, 0.5) is 11.4 Å². The Morgan fingerprint density at radius 1 is 0.861 bits per heavy atom. The van der Waals surface area contributed by atoms with Crippen molar-refractivity contribution in [1.29, 1.82) is 0 Å². The number of para-hydroxylation sites is 1. The fourth-order valence-corrected chi connectivity index (χ4v) is 5.87. The molecule has 0 spiro atoms. The first-order chi connectivity index (χ1) is 17.6. The smallest absolute Gasteiger partial charge is 0.247 e. The van der Waals surface area contributed by atoms with Crippen LogP contribution in [0.3, 0.4) is 0 Å². The topological polar surface area (TPSA) is 88.2 Å². The van der Waals surface area contributed by atoms with E-state index in [2.05, 4.69) is 5.32 Å². The predicted molar refractivity (Wildman–Crippen MR) is 131 cm³/mol. The molecule has 0 bridgehead atoms. The summed E-state index contributed by atoms with van der Waals surface area (Å²) in [6.45, 7) is 0.0911. The lowest BCUT2D eigenvalue weighted by molar-refractivity contribution is -0.128. The van der Waals surface area contributed by atoms with Crippen molar-refractivity contribution in [1.82, 2.24) is 4.90 Å². The molecule has 4 aliphatic heterocycles. The molecule has 0 saturated carbocycles. The summed E-state index contributed by atoms with van der Waals surface area (Å²) in [5.41, 5.74) is 2.95. The van der Waals surface area contributed by atoms with Gasteiger partial charge < -0.3 is 19.7 Å². The summed E-state index contributed by atoms with van der Waals surface area (Å²) in [5, 5.41) is 2.94. The van der Waals surface area contributed by atoms with Crippen LogP contribution in [0.15, 0.2) is 79.0 Å². The zero-order valence-electron chi connectivity index (χ0n) is 19.0. The van der Waals surface area contributed by atoms with Gasteiger partial charge in [-0.15, -0.1) is 0 Å². The van der Waals surface area contributed by atoms with Gasteiger partial charge in [-0.05, 0) is 41.5 Å². The highest BCUT2D eigenvalue weighted by Crippen LogP contribution is 2.53. The number of ether oxygens (including phenoxy) is 2. The van der Waals surface area contributed by atoms with Gasteiger partial charge in [0.15, 0.2) is 11.5 Å². The number of imide groups is 1. The Labute approximate surface area is 206 Å². The lowest BCUT2D eigenvalue weighted by Gasteiger charge is -2.35. The molecule has 3 aromatic rings. The summed E-state index contributed by atoms with van der Waals surface area (Å²) in [6, 6.07) is 20.6. The van der Waals surface area contributed by atoms with E-state index in [1.54, 1.807) is 30.3 Å². The van der Waals surface area contributed by atoms with Gasteiger partial charge in [-0.1, -0.05) is 42.5 Å². The van der Waals surface area contributed by atoms with Crippen LogP contribution in [0.2, 0.25) is 0 Å². The minimum Gasteiger partial charge on any atom is -0.454 e. The van der Waals surface area contributed by atoms with Crippen molar-refractivity contribution in [3.05, 3.63) is 90.1 Å². The van der Waals surface area contributed by atoms with Crippen molar-refractivity contribution < 1.29 is 23.9 Å². The lowest BCUT2D eigenvalue weighted by Crippen LogP contribution is -2.46. The molecule has 1 N–H and O–H groups in total. The van der Waals surface area contributed by atoms with Gasteiger partial charge in [0.1, 0.15) is 6.04 Å². The van der Waals surface area contributed by atoms with Gasteiger partial charge in [0, 0.05) is 18.0 Å². The molecule has 8 nitrogen and oxygen atoms in total. The number of rotatable bonds is 3. The first-order valence-electron chi connectivity index (χ1n) is 11.8. The molecule has 7 rings (SSSR count). The summed E-state index contributed by atoms with van der Waals surface area (Å²) < 4.78 is 10.8. The van der Waals surface area contributed by atoms with Gasteiger partial charge in [-0.2, -0.15) is 0 Å². The Morgan fingerprint density at radius 2 is 1.61 bits per heavy atom. The molecule has 3 aromatic carbocycles. The fraction of sp³-hybridized carbons (Fsp3) is 0.179. The molecule has 4 atom stereocenters. The van der Waals surface area contributed by atoms with E-state index in [0.717, 1.165) is 11.1 Å². The van der Waals surface area contributed by atoms with Crippen LogP contribution in [-0.2, 0) is 14.4 Å². The quantitative estimate of drug-likeness (QED) is 0.578. The van der Waals surface area contributed by atoms with Crippen LogP contribution in [0.5, 0.6) is 11.5 Å². The van der Waals surface area contributed by atoms with Gasteiger partial charge in [0.05, 0.1) is 23.6 Å². The Kier molecular flexibility index (Phi) is 4.44. The zero-order chi connectivity index (χ0) is 24.4. The van der Waals surface area contributed by atoms with Crippen LogP contribution < -0.4 is 19.7 Å². The second-order valence-electron chi connectivity index (χ2n) is 9.24. The molecule has 2 saturated heterocycles. The molecule has 4 aliphatic rings. The number of amides is 3. The molecule has 3 amide bonds. The van der Waals surface area contributed by atoms with Gasteiger partial charge in [-0.3, -0.25) is 14.4 Å². The maximum atomic E-state index is 13.9. The SMILES string of the molecule is O=C(Nc1ccccc1)[C@@H]1[C@@H]2C(=O)N(c3ccc4c(c3)OCO4)C(=O)[C@@H]2[C@H]2c3ccccc3C=CN12. The maximum absolute atomic E-state index is 13.9. The highest BCUT2D eigenvalue weighted by molar-refractivity contribution is 6.24. The number of anilines is 2. The summed E-state index contributed by atoms with van der Waals surface area (Å²) in [7, 11) is 0. The van der Waals surface area contributed by atoms with Crippen LogP contribution in [-0.4, -0.2) is 35.5 Å². The van der Waals surface area contributed by atoms with Crippen LogP contribution >= 0.6 is 0 Å². The molecule has 0 aliphatic carbocycles. The first-order valence-corrected chi connectivity index (χ1v) is 11.8. The molecular weight excluding hydrogens is 458 g/mol. The molecule has 36 heavy (non-hydrogen) atoms. The number of fused-ring (bicyclic) bond motifs is 6. The molecule has 0 aromatic heterocycles. The summed E-state index contributed by atoms with van der Waals surface area (Å²) in [5.74, 6) is -1.53. The van der Waals surface area contributed by atoms with Crippen LogP contribution in [0.1, 0.15) is 17.2 Å². The van der Waals surface area contributed by atoms with Gasteiger partial charge in [0.25, 0.3) is 0 Å². The highest BCUT2D eigenvalue weighted by Gasteiger charge is 2.64. The normalized spacial score (nSPS) is 25.0. The third-order valence-corrected chi connectivity index (χ3v) is 7.39. The lowest BCUT2D eigenvalue weighted by atomic mass is 9.84. The molecule has 0 unspecified atom stereocenters. The third kappa shape index (κ3) is 2.90. The maximum Gasteiger partial charge on any atom is 0.247 e. The molecule has 2 fully saturated rings. The van der Waals surface area contributed by atoms with Crippen molar-refractivity contribution in [3.8, 4) is 11.5 Å². The summed E-state index contributed by atoms with van der Waals surface area (Å²) in [4.78, 5) is 44.6. The van der Waals surface area contributed by atoms with E-state index in [9.17, 15) is 14.4 Å². The largest absolute Gasteiger partial charge is 0.454 e. The van der Waals surface area contributed by atoms with E-state index >= 15 is 0 Å². The summed E-state index contributed by atoms with van der Waals surface area (Å²) >= 11 is 0. The number of benzene rings is 3. The van der Waals surface area contributed by atoms with Gasteiger partial charge >= 0.3 is 0 Å². The molecule has 178 valence electrons. The number of hydrogen-bond donors (Lipinski definition) is 1. The van der Waals surface area contributed by atoms with Crippen LogP contribution in [0.25, 0.3) is 6.08 Å². The van der Waals surface area contributed by atoms with E-state index in [1.165, 1.54) is 4.90 Å². The second-order valence-corrected chi connectivity index (χ2v) is 9.24. The Bertz CT molecular complexity index is 1450. The minimum atomic E-state index is -0.847. The number of hydrogen-bond acceptors (Lipinski definition) is 6. The van der Waals surface area contributed by atoms with Crippen molar-refractivity contribution in [2.45, 2.75) is 12.1 Å². The van der Waals surface area contributed by atoms with E-state index < -0.39 is 29.8 Å². The highest BCUT2D eigenvalue weighted by atomic mass is 16.7. The van der Waals surface area contributed by atoms with Crippen molar-refractivity contribution in [2.24, 2.45) is 11.8 Å². The van der Waals surface area contributed by atoms with Crippen molar-refractivity contribution in [3.63, 3.8) is 0 Å². The minimum absolute atomic E-state index is 0.0911. The number of carbonyl (C=O) groups excluding carboxylic acids is 3. The molecule has 4 heterocycles. The molecule has 8 heteroatoms. The standard InChI is InChI=1S/C28H21N3O5/c32-26(29-17-7-2-1-3-8-17)25-23-22(24-19-9-5-4-6-16(19)12-13-30(24)25)27(33)31(28(23)34)18-10-11-20-21(14-18)36-15-35-20/h1-14,22-25H,15H2,(H,29,32)/t22-,23+,24+,25-/m0/s1. The van der Waals surface area contributed by atoms with E-state index in [4.69, 9.17) is 9.47 Å². The van der Waals surface area contributed by atoms with Crippen LogP contribution in [0, 0.1) is 11.8 Å². The van der Waals surface area contributed by atoms with E-state index in [-0.39, 0.29) is 18.6 Å². The molecule has 0 radical (unpaired) electrons. The molecular formula is C28H21N3O5. The van der Waals surface area contributed by atoms with E-state index in [0.29, 0.717) is 22.9 Å². The van der Waals surface area contributed by atoms with Crippen molar-refractivity contribution in [2.75, 3.05) is 17.0 Å². The average molecular weight is 479 g/mol. The first kappa shape index (κ1) is 20.8. The van der Waals surface area contributed by atoms with Crippen molar-refractivity contribution >= 4 is 35.2 Å². The Morgan fingerprint density at radius 3 is 2.47 bits per heavy atom. The monoisotopic (exact) mass is 479 g/mol.